The molecule has 0 N–H and O–H groups in total. The molecular formula is C14H25LiO4. The largest absolute Gasteiger partial charge is 1.00 e. The predicted molar refractivity (Wildman–Crippen MR) is 67.7 cm³/mol. The molecule has 0 aliphatic heterocycles. The molecule has 0 fully saturated rings. The van der Waals surface area contributed by atoms with Gasteiger partial charge in [0, 0.05) is 0 Å². The fourth-order valence-electron chi connectivity index (χ4n) is 1.77. The van der Waals surface area contributed by atoms with Crippen LogP contribution in [0, 0.1) is 5.92 Å². The van der Waals surface area contributed by atoms with Crippen LogP contribution in [0.25, 0.3) is 0 Å². The zero-order valence-electron chi connectivity index (χ0n) is 13.0. The van der Waals surface area contributed by atoms with Crippen molar-refractivity contribution in [3.05, 3.63) is 0 Å². The van der Waals surface area contributed by atoms with E-state index < -0.39 is 24.0 Å². The van der Waals surface area contributed by atoms with Crippen LogP contribution in [0.15, 0.2) is 0 Å². The molecule has 0 aromatic carbocycles. The molecule has 0 aliphatic rings. The van der Waals surface area contributed by atoms with Crippen LogP contribution in [0.2, 0.25) is 0 Å². The molecule has 0 aliphatic carbocycles. The predicted octanol–water partition coefficient (Wildman–Crippen LogP) is -0.941. The molecule has 0 bridgehead atoms. The number of rotatable bonds is 9. The number of hydrogen-bond donors (Lipinski definition) is 0. The summed E-state index contributed by atoms with van der Waals surface area (Å²) >= 11 is 0. The molecule has 0 saturated heterocycles. The van der Waals surface area contributed by atoms with Gasteiger partial charge < -0.3 is 14.6 Å². The number of carboxylic acids is 1. The van der Waals surface area contributed by atoms with Gasteiger partial charge in [-0.1, -0.05) is 40.0 Å². The summed E-state index contributed by atoms with van der Waals surface area (Å²) in [6.07, 6.45) is 4.52. The molecule has 0 saturated carbocycles. The summed E-state index contributed by atoms with van der Waals surface area (Å²) in [5, 5.41) is 10.4. The number of esters is 1. The van der Waals surface area contributed by atoms with Gasteiger partial charge in [0.25, 0.3) is 0 Å². The average molecular weight is 264 g/mol. The van der Waals surface area contributed by atoms with E-state index in [1.54, 1.807) is 0 Å². The first-order chi connectivity index (χ1) is 8.31. The van der Waals surface area contributed by atoms with Crippen molar-refractivity contribution in [1.29, 1.82) is 0 Å². The maximum absolute atomic E-state index is 11.4. The van der Waals surface area contributed by atoms with Crippen molar-refractivity contribution < 1.29 is 38.3 Å². The fourth-order valence-corrected chi connectivity index (χ4v) is 1.77. The molecule has 0 amide bonds. The summed E-state index contributed by atoms with van der Waals surface area (Å²) in [4.78, 5) is 21.8. The van der Waals surface area contributed by atoms with Crippen molar-refractivity contribution in [1.82, 2.24) is 0 Å². The smallest absolute Gasteiger partial charge is 0.550 e. The van der Waals surface area contributed by atoms with Crippen LogP contribution in [0.5, 0.6) is 0 Å². The first-order valence-corrected chi connectivity index (χ1v) is 6.73. The van der Waals surface area contributed by atoms with E-state index in [4.69, 9.17) is 4.74 Å². The first-order valence-electron chi connectivity index (χ1n) is 6.73. The van der Waals surface area contributed by atoms with Gasteiger partial charge in [-0.05, 0) is 25.7 Å². The molecule has 0 aromatic heterocycles. The van der Waals surface area contributed by atoms with Crippen LogP contribution in [0.4, 0.5) is 0 Å². The molecular weight excluding hydrogens is 239 g/mol. The average Bonchev–Trinajstić information content (AvgIpc) is 2.22. The minimum Gasteiger partial charge on any atom is -0.550 e. The Morgan fingerprint density at radius 1 is 1.21 bits per heavy atom. The SMILES string of the molecule is CCCCCCC(C)(OC(=O)CC(=O)[O-])C(C)C.[Li+]. The second kappa shape index (κ2) is 10.3. The zero-order chi connectivity index (χ0) is 14.2. The van der Waals surface area contributed by atoms with Crippen molar-refractivity contribution in [2.45, 2.75) is 71.8 Å². The van der Waals surface area contributed by atoms with Crippen LogP contribution in [-0.2, 0) is 14.3 Å². The van der Waals surface area contributed by atoms with Gasteiger partial charge in [0.15, 0.2) is 0 Å². The number of aliphatic carboxylic acids is 1. The summed E-state index contributed by atoms with van der Waals surface area (Å²) in [6.45, 7) is 7.97. The van der Waals surface area contributed by atoms with Crippen molar-refractivity contribution in [2.75, 3.05) is 0 Å². The van der Waals surface area contributed by atoms with Crippen LogP contribution in [-0.4, -0.2) is 17.5 Å². The third kappa shape index (κ3) is 9.13. The van der Waals surface area contributed by atoms with Gasteiger partial charge in [-0.2, -0.15) is 0 Å². The Morgan fingerprint density at radius 3 is 2.21 bits per heavy atom. The van der Waals surface area contributed by atoms with Crippen LogP contribution >= 0.6 is 0 Å². The molecule has 0 aromatic rings. The van der Waals surface area contributed by atoms with Crippen molar-refractivity contribution in [3.8, 4) is 0 Å². The van der Waals surface area contributed by atoms with Crippen LogP contribution < -0.4 is 24.0 Å². The van der Waals surface area contributed by atoms with E-state index >= 15 is 0 Å². The van der Waals surface area contributed by atoms with Crippen molar-refractivity contribution in [3.63, 3.8) is 0 Å². The Morgan fingerprint density at radius 2 is 1.79 bits per heavy atom. The van der Waals surface area contributed by atoms with Crippen LogP contribution in [0.3, 0.4) is 0 Å². The molecule has 5 heteroatoms. The van der Waals surface area contributed by atoms with E-state index in [2.05, 4.69) is 6.92 Å². The molecule has 0 spiro atoms. The van der Waals surface area contributed by atoms with Gasteiger partial charge in [-0.3, -0.25) is 4.79 Å². The maximum atomic E-state index is 11.4. The quantitative estimate of drug-likeness (QED) is 0.233. The molecule has 106 valence electrons. The number of carbonyl (C=O) groups is 2. The number of carbonyl (C=O) groups excluding carboxylic acids is 2. The zero-order valence-corrected chi connectivity index (χ0v) is 13.0. The standard InChI is InChI=1S/C14H26O4.Li/c1-5-6-7-8-9-14(4,11(2)3)18-13(17)10-12(15)16;/h11H,5-10H2,1-4H3,(H,15,16);/q;+1/p-1. The monoisotopic (exact) mass is 264 g/mol. The summed E-state index contributed by atoms with van der Waals surface area (Å²) in [6, 6.07) is 0. The molecule has 0 heterocycles. The normalized spacial score (nSPS) is 13.5. The van der Waals surface area contributed by atoms with E-state index in [9.17, 15) is 14.7 Å². The van der Waals surface area contributed by atoms with Crippen molar-refractivity contribution >= 4 is 11.9 Å². The molecule has 1 unspecified atom stereocenters. The number of carboxylic acid groups (broad SMARTS) is 1. The summed E-state index contributed by atoms with van der Waals surface area (Å²) < 4.78 is 5.33. The first kappa shape index (κ1) is 20.8. The maximum Gasteiger partial charge on any atom is 1.00 e. The van der Waals surface area contributed by atoms with Gasteiger partial charge >= 0.3 is 24.8 Å². The Kier molecular flexibility index (Phi) is 11.3. The Labute approximate surface area is 128 Å². The second-order valence-corrected chi connectivity index (χ2v) is 5.30. The third-order valence-corrected chi connectivity index (χ3v) is 3.38. The molecule has 19 heavy (non-hydrogen) atoms. The van der Waals surface area contributed by atoms with E-state index in [1.807, 2.05) is 20.8 Å². The Hall–Kier alpha value is -0.463. The van der Waals surface area contributed by atoms with Gasteiger partial charge in [0.1, 0.15) is 5.60 Å². The molecule has 0 rings (SSSR count). The van der Waals surface area contributed by atoms with Gasteiger partial charge in [-0.25, -0.2) is 0 Å². The molecule has 0 radical (unpaired) electrons. The van der Waals surface area contributed by atoms with Crippen LogP contribution in [0.1, 0.15) is 66.2 Å². The molecule has 4 nitrogen and oxygen atoms in total. The summed E-state index contributed by atoms with van der Waals surface area (Å²) in [5.74, 6) is -1.94. The fraction of sp³-hybridized carbons (Fsp3) is 0.857. The summed E-state index contributed by atoms with van der Waals surface area (Å²) in [5.41, 5.74) is -0.583. The van der Waals surface area contributed by atoms with Gasteiger partial charge in [0.2, 0.25) is 0 Å². The molecule has 1 atom stereocenters. The van der Waals surface area contributed by atoms with E-state index in [1.165, 1.54) is 6.42 Å². The summed E-state index contributed by atoms with van der Waals surface area (Å²) in [7, 11) is 0. The second-order valence-electron chi connectivity index (χ2n) is 5.30. The van der Waals surface area contributed by atoms with E-state index in [0.717, 1.165) is 25.7 Å². The number of unbranched alkanes of at least 4 members (excludes halogenated alkanes) is 3. The van der Waals surface area contributed by atoms with Crippen molar-refractivity contribution in [2.24, 2.45) is 5.92 Å². The Bertz CT molecular complexity index is 279. The van der Waals surface area contributed by atoms with E-state index in [-0.39, 0.29) is 24.8 Å². The van der Waals surface area contributed by atoms with Gasteiger partial charge in [-0.15, -0.1) is 0 Å². The van der Waals surface area contributed by atoms with E-state index in [0.29, 0.717) is 0 Å². The minimum absolute atomic E-state index is 0. The number of hydrogen-bond acceptors (Lipinski definition) is 4. The third-order valence-electron chi connectivity index (χ3n) is 3.38. The Balaban J connectivity index is 0. The minimum atomic E-state index is -1.39. The van der Waals surface area contributed by atoms with Gasteiger partial charge in [0.05, 0.1) is 12.4 Å². The number of ether oxygens (including phenoxy) is 1. The topological polar surface area (TPSA) is 66.4 Å².